The van der Waals surface area contributed by atoms with E-state index in [-0.39, 0.29) is 17.7 Å². The lowest BCUT2D eigenvalue weighted by Gasteiger charge is -1.97. The first kappa shape index (κ1) is 21.2. The molecule has 0 fully saturated rings. The topological polar surface area (TPSA) is 43.4 Å². The molecule has 0 aliphatic heterocycles. The van der Waals surface area contributed by atoms with Gasteiger partial charge in [0.1, 0.15) is 21.5 Å². The first-order chi connectivity index (χ1) is 12.8. The summed E-state index contributed by atoms with van der Waals surface area (Å²) in [5.74, 6) is -2.71. The molecule has 142 valence electrons. The van der Waals surface area contributed by atoms with E-state index in [0.717, 1.165) is 23.5 Å². The van der Waals surface area contributed by atoms with Crippen LogP contribution < -0.4 is 0 Å². The number of benzene rings is 2. The summed E-state index contributed by atoms with van der Waals surface area (Å²) in [5, 5.41) is 0.159. The second kappa shape index (κ2) is 9.21. The van der Waals surface area contributed by atoms with E-state index in [2.05, 4.69) is 0 Å². The molecular formula is C18H11Cl2F3O3S. The number of hydrogen-bond acceptors (Lipinski definition) is 4. The molecule has 0 saturated heterocycles. The number of aldehydes is 1. The van der Waals surface area contributed by atoms with Crippen molar-refractivity contribution in [3.63, 3.8) is 0 Å². The van der Waals surface area contributed by atoms with Crippen LogP contribution in [-0.2, 0) is 4.74 Å². The first-order valence-corrected chi connectivity index (χ1v) is 9.00. The highest BCUT2D eigenvalue weighted by atomic mass is 35.5. The van der Waals surface area contributed by atoms with Gasteiger partial charge in [-0.2, -0.15) is 0 Å². The largest absolute Gasteiger partial charge is 0.462 e. The van der Waals surface area contributed by atoms with Gasteiger partial charge in [0.25, 0.3) is 0 Å². The van der Waals surface area contributed by atoms with E-state index < -0.39 is 22.6 Å². The van der Waals surface area contributed by atoms with Gasteiger partial charge in [-0.25, -0.2) is 18.0 Å². The Morgan fingerprint density at radius 3 is 2.41 bits per heavy atom. The van der Waals surface area contributed by atoms with Gasteiger partial charge in [0, 0.05) is 5.39 Å². The second-order valence-corrected chi connectivity index (χ2v) is 6.82. The van der Waals surface area contributed by atoms with E-state index >= 15 is 0 Å². The SMILES string of the molecule is CCOC(=O)c1cc2c(F)ccc(Cl)c2s1.O=Cc1ccc(F)c(Cl)c1F. The van der Waals surface area contributed by atoms with Crippen molar-refractivity contribution in [1.82, 2.24) is 0 Å². The van der Waals surface area contributed by atoms with Crippen molar-refractivity contribution >= 4 is 56.9 Å². The first-order valence-electron chi connectivity index (χ1n) is 7.43. The van der Waals surface area contributed by atoms with Gasteiger partial charge < -0.3 is 4.74 Å². The number of halogens is 5. The van der Waals surface area contributed by atoms with Crippen molar-refractivity contribution in [3.8, 4) is 0 Å². The molecule has 1 aromatic heterocycles. The average Bonchev–Trinajstić information content (AvgIpc) is 3.11. The number of fused-ring (bicyclic) bond motifs is 1. The molecule has 0 spiro atoms. The van der Waals surface area contributed by atoms with Gasteiger partial charge in [0.15, 0.2) is 12.1 Å². The maximum absolute atomic E-state index is 13.4. The van der Waals surface area contributed by atoms with E-state index in [1.165, 1.54) is 18.2 Å². The number of esters is 1. The predicted molar refractivity (Wildman–Crippen MR) is 99.5 cm³/mol. The summed E-state index contributed by atoms with van der Waals surface area (Å²) in [4.78, 5) is 21.9. The van der Waals surface area contributed by atoms with Crippen LogP contribution in [0.15, 0.2) is 30.3 Å². The number of ether oxygens (including phenoxy) is 1. The molecule has 3 aromatic rings. The van der Waals surface area contributed by atoms with Gasteiger partial charge in [0.05, 0.1) is 21.9 Å². The van der Waals surface area contributed by atoms with Crippen molar-refractivity contribution in [3.05, 3.63) is 68.3 Å². The Bertz CT molecular complexity index is 966. The van der Waals surface area contributed by atoms with Crippen LogP contribution in [0, 0.1) is 17.5 Å². The summed E-state index contributed by atoms with van der Waals surface area (Å²) < 4.78 is 43.9. The van der Waals surface area contributed by atoms with Gasteiger partial charge in [0.2, 0.25) is 0 Å². The molecule has 0 saturated carbocycles. The van der Waals surface area contributed by atoms with Crippen LogP contribution in [0.25, 0.3) is 10.1 Å². The van der Waals surface area contributed by atoms with Crippen molar-refractivity contribution in [1.29, 1.82) is 0 Å². The van der Waals surface area contributed by atoms with Gasteiger partial charge >= 0.3 is 5.97 Å². The lowest BCUT2D eigenvalue weighted by Crippen LogP contribution is -2.01. The lowest BCUT2D eigenvalue weighted by atomic mass is 10.2. The van der Waals surface area contributed by atoms with Gasteiger partial charge in [-0.1, -0.05) is 23.2 Å². The Labute approximate surface area is 166 Å². The Morgan fingerprint density at radius 1 is 1.15 bits per heavy atom. The second-order valence-electron chi connectivity index (χ2n) is 4.99. The minimum Gasteiger partial charge on any atom is -0.462 e. The number of rotatable bonds is 3. The zero-order valence-electron chi connectivity index (χ0n) is 13.7. The Hall–Kier alpha value is -2.09. The Balaban J connectivity index is 0.000000208. The molecule has 0 N–H and O–H groups in total. The highest BCUT2D eigenvalue weighted by Gasteiger charge is 2.15. The zero-order chi connectivity index (χ0) is 20.1. The molecule has 3 nitrogen and oxygen atoms in total. The fourth-order valence-electron chi connectivity index (χ4n) is 1.99. The fourth-order valence-corrected chi connectivity index (χ4v) is 3.42. The average molecular weight is 435 g/mol. The fraction of sp³-hybridized carbons (Fsp3) is 0.111. The molecule has 2 aromatic carbocycles. The van der Waals surface area contributed by atoms with Gasteiger partial charge in [-0.15, -0.1) is 11.3 Å². The van der Waals surface area contributed by atoms with E-state index in [1.54, 1.807) is 6.92 Å². The maximum Gasteiger partial charge on any atom is 0.348 e. The summed E-state index contributed by atoms with van der Waals surface area (Å²) in [5.41, 5.74) is -0.239. The summed E-state index contributed by atoms with van der Waals surface area (Å²) in [6.07, 6.45) is 0.278. The normalized spacial score (nSPS) is 10.3. The summed E-state index contributed by atoms with van der Waals surface area (Å²) >= 11 is 12.2. The molecular weight excluding hydrogens is 424 g/mol. The van der Waals surface area contributed by atoms with E-state index in [4.69, 9.17) is 27.9 Å². The van der Waals surface area contributed by atoms with E-state index in [0.29, 0.717) is 26.6 Å². The number of thiophene rings is 1. The number of carbonyl (C=O) groups is 2. The molecule has 27 heavy (non-hydrogen) atoms. The van der Waals surface area contributed by atoms with Crippen LogP contribution >= 0.6 is 34.5 Å². The summed E-state index contributed by atoms with van der Waals surface area (Å²) in [7, 11) is 0. The van der Waals surface area contributed by atoms with Crippen LogP contribution in [0.5, 0.6) is 0 Å². The molecule has 9 heteroatoms. The molecule has 0 amide bonds. The van der Waals surface area contributed by atoms with Crippen LogP contribution in [0.1, 0.15) is 27.0 Å². The van der Waals surface area contributed by atoms with Gasteiger partial charge in [-0.05, 0) is 37.3 Å². The zero-order valence-corrected chi connectivity index (χ0v) is 16.0. The van der Waals surface area contributed by atoms with Crippen molar-refractivity contribution < 1.29 is 27.5 Å². The molecule has 0 aliphatic carbocycles. The van der Waals surface area contributed by atoms with Crippen molar-refractivity contribution in [2.24, 2.45) is 0 Å². The maximum atomic E-state index is 13.4. The lowest BCUT2D eigenvalue weighted by molar-refractivity contribution is 0.0532. The van der Waals surface area contributed by atoms with Crippen LogP contribution in [0.4, 0.5) is 13.2 Å². The van der Waals surface area contributed by atoms with Crippen LogP contribution in [-0.4, -0.2) is 18.9 Å². The van der Waals surface area contributed by atoms with Crippen molar-refractivity contribution in [2.45, 2.75) is 6.92 Å². The quantitative estimate of drug-likeness (QED) is 0.276. The predicted octanol–water partition coefficient (Wildman–Crippen LogP) is 6.30. The third-order valence-electron chi connectivity index (χ3n) is 3.25. The van der Waals surface area contributed by atoms with Crippen LogP contribution in [0.3, 0.4) is 0 Å². The third-order valence-corrected chi connectivity index (χ3v) is 5.17. The molecule has 0 unspecified atom stereocenters. The monoisotopic (exact) mass is 434 g/mol. The molecule has 0 radical (unpaired) electrons. The minimum atomic E-state index is -1.01. The molecule has 0 atom stereocenters. The Kier molecular flexibility index (Phi) is 7.24. The van der Waals surface area contributed by atoms with Crippen LogP contribution in [0.2, 0.25) is 10.0 Å². The molecule has 0 aliphatic rings. The summed E-state index contributed by atoms with van der Waals surface area (Å²) in [6, 6.07) is 6.20. The molecule has 3 rings (SSSR count). The van der Waals surface area contributed by atoms with E-state index in [1.807, 2.05) is 0 Å². The van der Waals surface area contributed by atoms with Crippen molar-refractivity contribution in [2.75, 3.05) is 6.61 Å². The van der Waals surface area contributed by atoms with E-state index in [9.17, 15) is 22.8 Å². The highest BCUT2D eigenvalue weighted by molar-refractivity contribution is 7.21. The smallest absolute Gasteiger partial charge is 0.348 e. The standard InChI is InChI=1S/C11H8ClFO2S.C7H3ClF2O/c1-2-15-11(14)9-5-6-8(13)4-3-7(12)10(6)16-9;8-6-5(9)2-1-4(3-11)7(6)10/h3-5H,2H2,1H3;1-3H. The molecule has 0 bridgehead atoms. The summed E-state index contributed by atoms with van der Waals surface area (Å²) in [6.45, 7) is 2.02. The Morgan fingerprint density at radius 2 is 1.81 bits per heavy atom. The van der Waals surface area contributed by atoms with Gasteiger partial charge in [-0.3, -0.25) is 4.79 Å². The highest BCUT2D eigenvalue weighted by Crippen LogP contribution is 2.33. The number of carbonyl (C=O) groups excluding carboxylic acids is 2. The number of hydrogen-bond donors (Lipinski definition) is 0. The molecule has 1 heterocycles. The minimum absolute atomic E-state index is 0.239. The third kappa shape index (κ3) is 4.80.